The molecule has 1 aliphatic rings. The number of imide groups is 1. The summed E-state index contributed by atoms with van der Waals surface area (Å²) in [6, 6.07) is 7.85. The Balaban J connectivity index is 1.68. The molecule has 3 amide bonds. The number of carbonyl (C=O) groups excluding carboxylic acids is 3. The van der Waals surface area contributed by atoms with Crippen molar-refractivity contribution in [1.29, 1.82) is 0 Å². The number of aryl methyl sites for hydroxylation is 1. The highest BCUT2D eigenvalue weighted by Crippen LogP contribution is 2.33. The van der Waals surface area contributed by atoms with Crippen molar-refractivity contribution < 1.29 is 14.4 Å². The van der Waals surface area contributed by atoms with E-state index >= 15 is 0 Å². The Morgan fingerprint density at radius 1 is 1.00 bits per heavy atom. The van der Waals surface area contributed by atoms with Gasteiger partial charge in [-0.1, -0.05) is 46.4 Å². The van der Waals surface area contributed by atoms with Gasteiger partial charge in [-0.25, -0.2) is 0 Å². The van der Waals surface area contributed by atoms with E-state index in [0.717, 1.165) is 10.5 Å². The van der Waals surface area contributed by atoms with E-state index < -0.39 is 24.3 Å². The maximum absolute atomic E-state index is 12.4. The van der Waals surface area contributed by atoms with Crippen LogP contribution >= 0.6 is 34.8 Å². The van der Waals surface area contributed by atoms with E-state index in [4.69, 9.17) is 34.8 Å². The molecule has 0 saturated heterocycles. The zero-order valence-electron chi connectivity index (χ0n) is 13.4. The molecule has 2 aromatic rings. The number of hydrazine groups is 1. The highest BCUT2D eigenvalue weighted by Gasteiger charge is 2.36. The van der Waals surface area contributed by atoms with E-state index in [-0.39, 0.29) is 21.3 Å². The molecule has 0 fully saturated rings. The topological polar surface area (TPSA) is 78.5 Å². The minimum atomic E-state index is -0.613. The Kier molecular flexibility index (Phi) is 5.09. The van der Waals surface area contributed by atoms with Gasteiger partial charge in [-0.15, -0.1) is 0 Å². The predicted molar refractivity (Wildman–Crippen MR) is 99.8 cm³/mol. The van der Waals surface area contributed by atoms with Crippen LogP contribution in [0.5, 0.6) is 0 Å². The number of halogens is 3. The third-order valence-electron chi connectivity index (χ3n) is 3.76. The lowest BCUT2D eigenvalue weighted by Gasteiger charge is -2.15. The molecule has 2 N–H and O–H groups in total. The first kappa shape index (κ1) is 18.5. The van der Waals surface area contributed by atoms with Gasteiger partial charge >= 0.3 is 0 Å². The molecule has 26 heavy (non-hydrogen) atoms. The maximum atomic E-state index is 12.4. The first-order valence-electron chi connectivity index (χ1n) is 7.44. The largest absolute Gasteiger partial charge is 0.296 e. The summed E-state index contributed by atoms with van der Waals surface area (Å²) >= 11 is 17.8. The summed E-state index contributed by atoms with van der Waals surface area (Å²) < 4.78 is 0. The molecule has 0 saturated carbocycles. The lowest BCUT2D eigenvalue weighted by atomic mass is 10.1. The summed E-state index contributed by atoms with van der Waals surface area (Å²) in [4.78, 5) is 37.7. The van der Waals surface area contributed by atoms with E-state index in [9.17, 15) is 14.4 Å². The Morgan fingerprint density at radius 3 is 2.27 bits per heavy atom. The second kappa shape index (κ2) is 7.15. The summed E-state index contributed by atoms with van der Waals surface area (Å²) in [5.74, 6) is -1.63. The van der Waals surface area contributed by atoms with Crippen LogP contribution in [0.15, 0.2) is 30.3 Å². The highest BCUT2D eigenvalue weighted by atomic mass is 35.5. The van der Waals surface area contributed by atoms with Crippen LogP contribution < -0.4 is 10.9 Å². The summed E-state index contributed by atoms with van der Waals surface area (Å²) in [6.07, 6.45) is 0. The molecule has 3 rings (SSSR count). The van der Waals surface area contributed by atoms with Crippen LogP contribution in [0.1, 0.15) is 26.3 Å². The second-order valence-electron chi connectivity index (χ2n) is 5.66. The molecule has 134 valence electrons. The van der Waals surface area contributed by atoms with Crippen molar-refractivity contribution in [3.8, 4) is 0 Å². The predicted octanol–water partition coefficient (Wildman–Crippen LogP) is 3.69. The quantitative estimate of drug-likeness (QED) is 0.593. The normalized spacial score (nSPS) is 13.0. The molecule has 1 heterocycles. The molecule has 0 atom stereocenters. The van der Waals surface area contributed by atoms with Crippen molar-refractivity contribution in [3.63, 3.8) is 0 Å². The number of anilines is 1. The molecule has 0 bridgehead atoms. The fourth-order valence-corrected chi connectivity index (χ4v) is 3.44. The van der Waals surface area contributed by atoms with Gasteiger partial charge in [0.15, 0.2) is 0 Å². The first-order chi connectivity index (χ1) is 12.3. The van der Waals surface area contributed by atoms with E-state index in [1.54, 1.807) is 18.2 Å². The first-order valence-corrected chi connectivity index (χ1v) is 8.57. The molecule has 1 aliphatic heterocycles. The number of nitrogens with zero attached hydrogens (tertiary/aromatic N) is 1. The number of rotatable bonds is 4. The lowest BCUT2D eigenvalue weighted by molar-refractivity contribution is -0.120. The van der Waals surface area contributed by atoms with Crippen molar-refractivity contribution in [1.82, 2.24) is 10.3 Å². The number of amides is 3. The van der Waals surface area contributed by atoms with Crippen LogP contribution in [0, 0.1) is 6.92 Å². The van der Waals surface area contributed by atoms with Gasteiger partial charge in [0.05, 0.1) is 26.9 Å². The van der Waals surface area contributed by atoms with Gasteiger partial charge in [-0.2, -0.15) is 0 Å². The van der Waals surface area contributed by atoms with E-state index in [2.05, 4.69) is 10.9 Å². The highest BCUT2D eigenvalue weighted by molar-refractivity contribution is 6.41. The summed E-state index contributed by atoms with van der Waals surface area (Å²) in [5, 5.41) is 0.760. The number of hydrogen-bond donors (Lipinski definition) is 2. The number of benzene rings is 2. The van der Waals surface area contributed by atoms with Gasteiger partial charge in [-0.3, -0.25) is 30.1 Å². The van der Waals surface area contributed by atoms with E-state index in [0.29, 0.717) is 10.6 Å². The zero-order chi connectivity index (χ0) is 19.0. The number of nitrogens with one attached hydrogen (secondary N) is 2. The molecule has 9 heteroatoms. The van der Waals surface area contributed by atoms with E-state index in [1.807, 2.05) is 6.92 Å². The number of carbonyl (C=O) groups is 3. The van der Waals surface area contributed by atoms with Crippen LogP contribution in [0.2, 0.25) is 15.1 Å². The number of fused-ring (bicyclic) bond motifs is 1. The molecule has 0 unspecified atom stereocenters. The van der Waals surface area contributed by atoms with Crippen molar-refractivity contribution in [3.05, 3.63) is 62.1 Å². The molecule has 0 aliphatic carbocycles. The van der Waals surface area contributed by atoms with Gasteiger partial charge in [-0.05, 0) is 31.2 Å². The minimum Gasteiger partial charge on any atom is -0.296 e. The third-order valence-corrected chi connectivity index (χ3v) is 4.58. The third kappa shape index (κ3) is 3.49. The Morgan fingerprint density at radius 2 is 1.62 bits per heavy atom. The molecular weight excluding hydrogens is 401 g/mol. The monoisotopic (exact) mass is 411 g/mol. The Hall–Kier alpha value is -2.28. The summed E-state index contributed by atoms with van der Waals surface area (Å²) in [7, 11) is 0. The van der Waals surface area contributed by atoms with Gasteiger partial charge < -0.3 is 0 Å². The average molecular weight is 413 g/mol. The molecule has 2 aromatic carbocycles. The minimum absolute atomic E-state index is 0.207. The SMILES string of the molecule is Cc1ccc2c(c1)C(=O)N(CC(=O)NNc1c(Cl)cc(Cl)cc1Cl)C2=O. The number of hydrogen-bond acceptors (Lipinski definition) is 4. The van der Waals surface area contributed by atoms with Crippen LogP contribution in [-0.2, 0) is 4.79 Å². The Bertz CT molecular complexity index is 923. The van der Waals surface area contributed by atoms with Crippen molar-refractivity contribution >= 4 is 58.2 Å². The molecule has 0 spiro atoms. The van der Waals surface area contributed by atoms with Gasteiger partial charge in [0.1, 0.15) is 6.54 Å². The van der Waals surface area contributed by atoms with Crippen LogP contribution in [0.4, 0.5) is 5.69 Å². The maximum Gasteiger partial charge on any atom is 0.262 e. The van der Waals surface area contributed by atoms with Crippen molar-refractivity contribution in [2.75, 3.05) is 12.0 Å². The molecular formula is C17H12Cl3N3O3. The molecule has 6 nitrogen and oxygen atoms in total. The molecule has 0 aromatic heterocycles. The van der Waals surface area contributed by atoms with Gasteiger partial charge in [0.25, 0.3) is 17.7 Å². The molecule has 0 radical (unpaired) electrons. The van der Waals surface area contributed by atoms with E-state index in [1.165, 1.54) is 12.1 Å². The van der Waals surface area contributed by atoms with Crippen LogP contribution in [-0.4, -0.2) is 29.2 Å². The summed E-state index contributed by atoms with van der Waals surface area (Å²) in [5.41, 5.74) is 6.61. The lowest BCUT2D eigenvalue weighted by Crippen LogP contribution is -2.42. The van der Waals surface area contributed by atoms with Crippen LogP contribution in [0.3, 0.4) is 0 Å². The average Bonchev–Trinajstić information content (AvgIpc) is 2.78. The van der Waals surface area contributed by atoms with Crippen molar-refractivity contribution in [2.24, 2.45) is 0 Å². The van der Waals surface area contributed by atoms with Crippen molar-refractivity contribution in [2.45, 2.75) is 6.92 Å². The fourth-order valence-electron chi connectivity index (χ4n) is 2.53. The van der Waals surface area contributed by atoms with Gasteiger partial charge in [0.2, 0.25) is 0 Å². The summed E-state index contributed by atoms with van der Waals surface area (Å²) in [6.45, 7) is 1.37. The second-order valence-corrected chi connectivity index (χ2v) is 6.91. The Labute approximate surface area is 164 Å². The zero-order valence-corrected chi connectivity index (χ0v) is 15.7. The smallest absolute Gasteiger partial charge is 0.262 e. The fraction of sp³-hybridized carbons (Fsp3) is 0.118. The standard InChI is InChI=1S/C17H12Cl3N3O3/c1-8-2-3-10-11(4-8)17(26)23(16(10)25)7-14(24)21-22-15-12(19)5-9(18)6-13(15)20/h2-6,22H,7H2,1H3,(H,21,24). The van der Waals surface area contributed by atoms with Crippen LogP contribution in [0.25, 0.3) is 0 Å². The van der Waals surface area contributed by atoms with Gasteiger partial charge in [0, 0.05) is 5.02 Å².